The van der Waals surface area contributed by atoms with Crippen LogP contribution in [0, 0.1) is 0 Å². The lowest BCUT2D eigenvalue weighted by atomic mass is 9.99. The largest absolute Gasteiger partial charge is 0.306 e. The van der Waals surface area contributed by atoms with E-state index in [0.29, 0.717) is 0 Å². The van der Waals surface area contributed by atoms with Gasteiger partial charge in [0.15, 0.2) is 0 Å². The van der Waals surface area contributed by atoms with E-state index in [9.17, 15) is 0 Å². The van der Waals surface area contributed by atoms with Crippen LogP contribution in [0.2, 0.25) is 0 Å². The monoisotopic (exact) mass is 419 g/mol. The molecule has 1 atom stereocenters. The van der Waals surface area contributed by atoms with Crippen molar-refractivity contribution in [3.8, 4) is 0 Å². The Morgan fingerprint density at radius 1 is 0.500 bits per heavy atom. The summed E-state index contributed by atoms with van der Waals surface area (Å²) >= 11 is 0. The van der Waals surface area contributed by atoms with Crippen LogP contribution in [0.15, 0.2) is 24.3 Å². The molecule has 0 heterocycles. The number of unbranched alkanes of at least 4 members (excludes halogenated alkanes) is 14. The molecule has 0 aliphatic heterocycles. The van der Waals surface area contributed by atoms with Crippen molar-refractivity contribution in [3.63, 3.8) is 0 Å². The van der Waals surface area contributed by atoms with Crippen molar-refractivity contribution in [1.82, 2.24) is 4.90 Å². The molecule has 0 saturated heterocycles. The Hall–Kier alpha value is -0.560. The van der Waals surface area contributed by atoms with Crippen molar-refractivity contribution < 1.29 is 0 Å². The van der Waals surface area contributed by atoms with Gasteiger partial charge in [-0.25, -0.2) is 0 Å². The topological polar surface area (TPSA) is 3.24 Å². The fraction of sp³-hybridized carbons (Fsp3) is 0.862. The maximum absolute atomic E-state index is 2.47. The molecule has 0 saturated carbocycles. The minimum atomic E-state index is 0.810. The van der Waals surface area contributed by atoms with E-state index >= 15 is 0 Å². The van der Waals surface area contributed by atoms with Gasteiger partial charge in [-0.2, -0.15) is 0 Å². The summed E-state index contributed by atoms with van der Waals surface area (Å²) in [6.07, 6.45) is 36.9. The maximum atomic E-state index is 2.47. The number of hydrogen-bond donors (Lipinski definition) is 0. The van der Waals surface area contributed by atoms with E-state index in [0.717, 1.165) is 12.5 Å². The van der Waals surface area contributed by atoms with Crippen LogP contribution in [0.3, 0.4) is 0 Å². The van der Waals surface area contributed by atoms with Gasteiger partial charge in [0.2, 0.25) is 0 Å². The molecule has 178 valence electrons. The summed E-state index contributed by atoms with van der Waals surface area (Å²) in [6, 6.07) is 0.810. The molecule has 0 aliphatic rings. The summed E-state index contributed by atoms with van der Waals surface area (Å²) in [6.45, 7) is 4.57. The minimum absolute atomic E-state index is 0.810. The molecule has 0 radical (unpaired) electrons. The summed E-state index contributed by atoms with van der Waals surface area (Å²) in [5.74, 6) is 0. The number of hydrogen-bond acceptors (Lipinski definition) is 1. The second-order valence-electron chi connectivity index (χ2n) is 9.55. The molecule has 0 bridgehead atoms. The predicted octanol–water partition coefficient (Wildman–Crippen LogP) is 9.87. The van der Waals surface area contributed by atoms with Crippen LogP contribution >= 0.6 is 0 Å². The van der Waals surface area contributed by atoms with Crippen LogP contribution in [-0.4, -0.2) is 25.0 Å². The summed E-state index contributed by atoms with van der Waals surface area (Å²) in [5.41, 5.74) is 0. The van der Waals surface area contributed by atoms with E-state index in [1.54, 1.807) is 0 Å². The molecule has 0 N–H and O–H groups in total. The third-order valence-corrected chi connectivity index (χ3v) is 6.36. The average molecular weight is 420 g/mol. The highest BCUT2D eigenvalue weighted by atomic mass is 15.1. The first-order chi connectivity index (χ1) is 14.7. The normalized spacial score (nSPS) is 13.2. The Bertz CT molecular complexity index is 369. The van der Waals surface area contributed by atoms with Crippen LogP contribution in [-0.2, 0) is 0 Å². The second-order valence-corrected chi connectivity index (χ2v) is 9.55. The quantitative estimate of drug-likeness (QED) is 0.118. The molecule has 1 nitrogen and oxygen atoms in total. The maximum Gasteiger partial charge on any atom is 0.00891 e. The molecule has 1 unspecified atom stereocenters. The van der Waals surface area contributed by atoms with E-state index < -0.39 is 0 Å². The molecule has 0 rings (SSSR count). The zero-order valence-electron chi connectivity index (χ0n) is 21.5. The first-order valence-corrected chi connectivity index (χ1v) is 13.7. The van der Waals surface area contributed by atoms with Gasteiger partial charge in [0.1, 0.15) is 0 Å². The highest BCUT2D eigenvalue weighted by Crippen LogP contribution is 2.17. The van der Waals surface area contributed by atoms with Gasteiger partial charge in [-0.05, 0) is 59.0 Å². The fourth-order valence-electron chi connectivity index (χ4n) is 4.19. The molecule has 0 amide bonds. The molecule has 30 heavy (non-hydrogen) atoms. The van der Waals surface area contributed by atoms with Crippen molar-refractivity contribution in [2.75, 3.05) is 14.1 Å². The van der Waals surface area contributed by atoms with Gasteiger partial charge in [0.25, 0.3) is 0 Å². The number of allylic oxidation sites excluding steroid dienone is 4. The Kier molecular flexibility index (Phi) is 24.2. The molecular formula is C29H57N. The lowest BCUT2D eigenvalue weighted by molar-refractivity contribution is 0.251. The Morgan fingerprint density at radius 2 is 0.900 bits per heavy atom. The second kappa shape index (κ2) is 24.7. The van der Waals surface area contributed by atoms with Gasteiger partial charge in [-0.3, -0.25) is 0 Å². The number of nitrogens with zero attached hydrogens (tertiary/aromatic N) is 1. The van der Waals surface area contributed by atoms with Gasteiger partial charge in [0.05, 0.1) is 0 Å². The van der Waals surface area contributed by atoms with Crippen molar-refractivity contribution in [3.05, 3.63) is 24.3 Å². The van der Waals surface area contributed by atoms with Crippen LogP contribution in [0.4, 0.5) is 0 Å². The summed E-state index contributed by atoms with van der Waals surface area (Å²) in [7, 11) is 4.55. The molecule has 0 aliphatic carbocycles. The average Bonchev–Trinajstić information content (AvgIpc) is 2.74. The molecule has 0 aromatic carbocycles. The smallest absolute Gasteiger partial charge is 0.00891 e. The predicted molar refractivity (Wildman–Crippen MR) is 139 cm³/mol. The lowest BCUT2D eigenvalue weighted by Gasteiger charge is -2.24. The third kappa shape index (κ3) is 22.1. The van der Waals surface area contributed by atoms with Crippen molar-refractivity contribution in [2.24, 2.45) is 0 Å². The summed E-state index contributed by atoms with van der Waals surface area (Å²) in [4.78, 5) is 2.47. The van der Waals surface area contributed by atoms with Crippen LogP contribution in [0.1, 0.15) is 142 Å². The highest BCUT2D eigenvalue weighted by Gasteiger charge is 2.10. The highest BCUT2D eigenvalue weighted by molar-refractivity contribution is 4.92. The van der Waals surface area contributed by atoms with E-state index in [1.165, 1.54) is 122 Å². The van der Waals surface area contributed by atoms with E-state index in [4.69, 9.17) is 0 Å². The van der Waals surface area contributed by atoms with E-state index in [1.807, 2.05) is 0 Å². The van der Waals surface area contributed by atoms with Crippen molar-refractivity contribution >= 4 is 0 Å². The lowest BCUT2D eigenvalue weighted by Crippen LogP contribution is -2.27. The minimum Gasteiger partial charge on any atom is -0.306 e. The van der Waals surface area contributed by atoms with Crippen LogP contribution < -0.4 is 0 Å². The molecule has 0 aromatic heterocycles. The number of rotatable bonds is 23. The van der Waals surface area contributed by atoms with E-state index in [-0.39, 0.29) is 0 Å². The third-order valence-electron chi connectivity index (χ3n) is 6.36. The van der Waals surface area contributed by atoms with E-state index in [2.05, 4.69) is 57.1 Å². The molecule has 0 spiro atoms. The zero-order valence-corrected chi connectivity index (χ0v) is 21.5. The van der Waals surface area contributed by atoms with Crippen molar-refractivity contribution in [2.45, 2.75) is 148 Å². The van der Waals surface area contributed by atoms with Crippen LogP contribution in [0.5, 0.6) is 0 Å². The summed E-state index contributed by atoms with van der Waals surface area (Å²) in [5, 5.41) is 0. The molecule has 0 fully saturated rings. The standard InChI is InChI=1S/C29H57N/c1-5-7-9-11-12-13-14-15-16-17-18-19-20-21-22-24-26-28-29(30(3)4)27-25-23-10-8-6-2/h12-13,15-16,29H,5-11,14,17-28H2,1-4H3/b13-12-,16-15?. The van der Waals surface area contributed by atoms with Crippen LogP contribution in [0.25, 0.3) is 0 Å². The first-order valence-electron chi connectivity index (χ1n) is 13.7. The molecule has 0 aromatic rings. The fourth-order valence-corrected chi connectivity index (χ4v) is 4.19. The van der Waals surface area contributed by atoms with Gasteiger partial charge in [0, 0.05) is 6.04 Å². The Morgan fingerprint density at radius 3 is 1.40 bits per heavy atom. The van der Waals surface area contributed by atoms with Gasteiger partial charge < -0.3 is 4.90 Å². The van der Waals surface area contributed by atoms with Crippen molar-refractivity contribution in [1.29, 1.82) is 0 Å². The van der Waals surface area contributed by atoms with Gasteiger partial charge >= 0.3 is 0 Å². The first kappa shape index (κ1) is 29.4. The Labute approximate surface area is 191 Å². The summed E-state index contributed by atoms with van der Waals surface area (Å²) < 4.78 is 0. The van der Waals surface area contributed by atoms with Gasteiger partial charge in [-0.15, -0.1) is 0 Å². The Balaban J connectivity index is 3.43. The molecular weight excluding hydrogens is 362 g/mol. The van der Waals surface area contributed by atoms with Gasteiger partial charge in [-0.1, -0.05) is 122 Å². The SMILES string of the molecule is CCCCC/C=C\CC=CCCCCCCCCCC(CCCCCCC)N(C)C. The molecule has 1 heteroatoms. The zero-order chi connectivity index (χ0) is 22.1.